The SMILES string of the molecule is CC(C)(C)OC(=O)N1CCNC(C(=O)Nc2cccnc2)C1. The van der Waals surface area contributed by atoms with E-state index in [9.17, 15) is 9.59 Å². The Morgan fingerprint density at radius 1 is 1.45 bits per heavy atom. The van der Waals surface area contributed by atoms with Gasteiger partial charge in [0.05, 0.1) is 11.9 Å². The van der Waals surface area contributed by atoms with Crippen LogP contribution in [0, 0.1) is 0 Å². The van der Waals surface area contributed by atoms with Gasteiger partial charge in [-0.25, -0.2) is 4.79 Å². The first kappa shape index (κ1) is 16.2. The van der Waals surface area contributed by atoms with E-state index >= 15 is 0 Å². The Labute approximate surface area is 130 Å². The Bertz CT molecular complexity index is 527. The topological polar surface area (TPSA) is 83.6 Å². The predicted molar refractivity (Wildman–Crippen MR) is 82.5 cm³/mol. The van der Waals surface area contributed by atoms with Crippen molar-refractivity contribution in [1.82, 2.24) is 15.2 Å². The zero-order valence-corrected chi connectivity index (χ0v) is 13.1. The molecule has 22 heavy (non-hydrogen) atoms. The normalized spacial score (nSPS) is 18.7. The van der Waals surface area contributed by atoms with Crippen LogP contribution >= 0.6 is 0 Å². The fraction of sp³-hybridized carbons (Fsp3) is 0.533. The number of nitrogens with one attached hydrogen (secondary N) is 2. The van der Waals surface area contributed by atoms with Crippen molar-refractivity contribution in [3.8, 4) is 0 Å². The van der Waals surface area contributed by atoms with Crippen LogP contribution in [-0.4, -0.2) is 53.2 Å². The van der Waals surface area contributed by atoms with E-state index in [0.717, 1.165) is 0 Å². The molecule has 2 rings (SSSR count). The number of carbonyl (C=O) groups is 2. The number of ether oxygens (including phenoxy) is 1. The third-order valence-corrected chi connectivity index (χ3v) is 3.07. The van der Waals surface area contributed by atoms with Gasteiger partial charge >= 0.3 is 6.09 Å². The standard InChI is InChI=1S/C15H22N4O3/c1-15(2,3)22-14(21)19-8-7-17-12(10-19)13(20)18-11-5-4-6-16-9-11/h4-6,9,12,17H,7-8,10H2,1-3H3,(H,18,20). The molecular weight excluding hydrogens is 284 g/mol. The van der Waals surface area contributed by atoms with Crippen LogP contribution in [0.5, 0.6) is 0 Å². The monoisotopic (exact) mass is 306 g/mol. The van der Waals surface area contributed by atoms with Crippen LogP contribution in [0.4, 0.5) is 10.5 Å². The summed E-state index contributed by atoms with van der Waals surface area (Å²) in [5, 5.41) is 5.88. The van der Waals surface area contributed by atoms with Gasteiger partial charge in [-0.15, -0.1) is 0 Å². The summed E-state index contributed by atoms with van der Waals surface area (Å²) in [7, 11) is 0. The summed E-state index contributed by atoms with van der Waals surface area (Å²) in [5.41, 5.74) is 0.0822. The van der Waals surface area contributed by atoms with Gasteiger partial charge < -0.3 is 20.3 Å². The molecular formula is C15H22N4O3. The molecule has 0 spiro atoms. The van der Waals surface area contributed by atoms with Crippen LogP contribution in [0.2, 0.25) is 0 Å². The molecule has 120 valence electrons. The van der Waals surface area contributed by atoms with Gasteiger partial charge in [-0.05, 0) is 32.9 Å². The molecule has 7 nitrogen and oxygen atoms in total. The molecule has 1 aromatic rings. The second-order valence-corrected chi connectivity index (χ2v) is 6.16. The fourth-order valence-corrected chi connectivity index (χ4v) is 2.08. The summed E-state index contributed by atoms with van der Waals surface area (Å²) in [4.78, 5) is 29.8. The van der Waals surface area contributed by atoms with E-state index in [-0.39, 0.29) is 12.5 Å². The lowest BCUT2D eigenvalue weighted by Crippen LogP contribution is -2.57. The molecule has 0 aromatic carbocycles. The Hall–Kier alpha value is -2.15. The highest BCUT2D eigenvalue weighted by atomic mass is 16.6. The van der Waals surface area contributed by atoms with Crippen LogP contribution < -0.4 is 10.6 Å². The van der Waals surface area contributed by atoms with Gasteiger partial charge in [0.2, 0.25) is 5.91 Å². The van der Waals surface area contributed by atoms with Crippen molar-refractivity contribution in [1.29, 1.82) is 0 Å². The molecule has 1 aliphatic heterocycles. The van der Waals surface area contributed by atoms with E-state index in [1.165, 1.54) is 0 Å². The zero-order valence-electron chi connectivity index (χ0n) is 13.1. The lowest BCUT2D eigenvalue weighted by Gasteiger charge is -2.34. The number of hydrogen-bond donors (Lipinski definition) is 2. The fourth-order valence-electron chi connectivity index (χ4n) is 2.08. The molecule has 1 aromatic heterocycles. The van der Waals surface area contributed by atoms with Gasteiger partial charge in [-0.2, -0.15) is 0 Å². The van der Waals surface area contributed by atoms with Crippen LogP contribution in [0.3, 0.4) is 0 Å². The van der Waals surface area contributed by atoms with E-state index < -0.39 is 17.7 Å². The molecule has 1 saturated heterocycles. The number of nitrogens with zero attached hydrogens (tertiary/aromatic N) is 2. The number of rotatable bonds is 2. The summed E-state index contributed by atoms with van der Waals surface area (Å²) in [6, 6.07) is 3.04. The summed E-state index contributed by atoms with van der Waals surface area (Å²) in [6.07, 6.45) is 2.82. The largest absolute Gasteiger partial charge is 0.444 e. The number of aromatic nitrogens is 1. The third-order valence-electron chi connectivity index (χ3n) is 3.07. The lowest BCUT2D eigenvalue weighted by molar-refractivity contribution is -0.119. The highest BCUT2D eigenvalue weighted by molar-refractivity contribution is 5.95. The highest BCUT2D eigenvalue weighted by Crippen LogP contribution is 2.12. The lowest BCUT2D eigenvalue weighted by atomic mass is 10.2. The molecule has 0 aliphatic carbocycles. The van der Waals surface area contributed by atoms with E-state index in [0.29, 0.717) is 18.8 Å². The van der Waals surface area contributed by atoms with Gasteiger partial charge in [-0.3, -0.25) is 9.78 Å². The average Bonchev–Trinajstić information content (AvgIpc) is 2.46. The van der Waals surface area contributed by atoms with Gasteiger partial charge in [0.25, 0.3) is 0 Å². The van der Waals surface area contributed by atoms with Gasteiger partial charge in [0.15, 0.2) is 0 Å². The predicted octanol–water partition coefficient (Wildman–Crippen LogP) is 1.23. The maximum absolute atomic E-state index is 12.2. The Morgan fingerprint density at radius 3 is 2.86 bits per heavy atom. The van der Waals surface area contributed by atoms with Crippen molar-refractivity contribution in [3.05, 3.63) is 24.5 Å². The van der Waals surface area contributed by atoms with Gasteiger partial charge in [0, 0.05) is 25.8 Å². The van der Waals surface area contributed by atoms with Crippen molar-refractivity contribution >= 4 is 17.7 Å². The van der Waals surface area contributed by atoms with Crippen molar-refractivity contribution in [2.75, 3.05) is 25.0 Å². The second kappa shape index (κ2) is 6.74. The zero-order chi connectivity index (χ0) is 16.2. The minimum Gasteiger partial charge on any atom is -0.444 e. The molecule has 1 fully saturated rings. The van der Waals surface area contributed by atoms with Crippen LogP contribution in [-0.2, 0) is 9.53 Å². The molecule has 1 unspecified atom stereocenters. The van der Waals surface area contributed by atoms with Crippen LogP contribution in [0.1, 0.15) is 20.8 Å². The summed E-state index contributed by atoms with van der Waals surface area (Å²) < 4.78 is 5.34. The summed E-state index contributed by atoms with van der Waals surface area (Å²) in [6.45, 7) is 6.80. The first-order chi connectivity index (χ1) is 10.3. The highest BCUT2D eigenvalue weighted by Gasteiger charge is 2.30. The van der Waals surface area contributed by atoms with Crippen LogP contribution in [0.25, 0.3) is 0 Å². The molecule has 1 atom stereocenters. The molecule has 2 heterocycles. The molecule has 1 aliphatic rings. The maximum atomic E-state index is 12.2. The van der Waals surface area contributed by atoms with E-state index in [2.05, 4.69) is 15.6 Å². The van der Waals surface area contributed by atoms with Crippen LogP contribution in [0.15, 0.2) is 24.5 Å². The molecule has 7 heteroatoms. The number of hydrogen-bond acceptors (Lipinski definition) is 5. The number of pyridine rings is 1. The van der Waals surface area contributed by atoms with Gasteiger partial charge in [0.1, 0.15) is 11.6 Å². The minimum absolute atomic E-state index is 0.193. The Balaban J connectivity index is 1.92. The number of piperazine rings is 1. The van der Waals surface area contributed by atoms with Crippen molar-refractivity contribution in [3.63, 3.8) is 0 Å². The smallest absolute Gasteiger partial charge is 0.410 e. The van der Waals surface area contributed by atoms with Gasteiger partial charge in [-0.1, -0.05) is 0 Å². The Kier molecular flexibility index (Phi) is 4.97. The summed E-state index contributed by atoms with van der Waals surface area (Å²) in [5.74, 6) is -0.193. The maximum Gasteiger partial charge on any atom is 0.410 e. The molecule has 2 N–H and O–H groups in total. The van der Waals surface area contributed by atoms with Crippen molar-refractivity contribution in [2.24, 2.45) is 0 Å². The van der Waals surface area contributed by atoms with E-state index in [1.54, 1.807) is 29.4 Å². The number of anilines is 1. The quantitative estimate of drug-likeness (QED) is 0.858. The minimum atomic E-state index is -0.546. The molecule has 2 amide bonds. The first-order valence-electron chi connectivity index (χ1n) is 7.27. The number of amides is 2. The molecule has 0 bridgehead atoms. The first-order valence-corrected chi connectivity index (χ1v) is 7.27. The summed E-state index contributed by atoms with van der Waals surface area (Å²) >= 11 is 0. The number of carbonyl (C=O) groups excluding carboxylic acids is 2. The average molecular weight is 306 g/mol. The van der Waals surface area contributed by atoms with E-state index in [1.807, 2.05) is 20.8 Å². The molecule has 0 radical (unpaired) electrons. The van der Waals surface area contributed by atoms with E-state index in [4.69, 9.17) is 4.74 Å². The third kappa shape index (κ3) is 4.70. The Morgan fingerprint density at radius 2 is 2.23 bits per heavy atom. The van der Waals surface area contributed by atoms with Crippen molar-refractivity contribution in [2.45, 2.75) is 32.4 Å². The van der Waals surface area contributed by atoms with Crippen molar-refractivity contribution < 1.29 is 14.3 Å². The second-order valence-electron chi connectivity index (χ2n) is 6.16. The molecule has 0 saturated carbocycles.